The molecule has 2 aromatic rings. The highest BCUT2D eigenvalue weighted by atomic mass is 16.3. The molecule has 3 saturated heterocycles. The van der Waals surface area contributed by atoms with E-state index in [4.69, 9.17) is 0 Å². The van der Waals surface area contributed by atoms with Gasteiger partial charge in [-0.15, -0.1) is 0 Å². The minimum absolute atomic E-state index is 0.358. The van der Waals surface area contributed by atoms with Crippen LogP contribution in [0.2, 0.25) is 0 Å². The Labute approximate surface area is 145 Å². The topological polar surface area (TPSA) is 24.7 Å². The first-order chi connectivity index (χ1) is 11.7. The molecule has 0 saturated carbocycles. The van der Waals surface area contributed by atoms with E-state index in [9.17, 15) is 5.11 Å². The van der Waals surface area contributed by atoms with E-state index in [1.54, 1.807) is 4.90 Å². The normalized spacial score (nSPS) is 28.5. The lowest BCUT2D eigenvalue weighted by Crippen LogP contribution is -3.16. The molecule has 3 aliphatic heterocycles. The van der Waals surface area contributed by atoms with Gasteiger partial charge >= 0.3 is 0 Å². The van der Waals surface area contributed by atoms with Crippen LogP contribution in [-0.4, -0.2) is 24.7 Å². The van der Waals surface area contributed by atoms with Crippen LogP contribution >= 0.6 is 0 Å². The Bertz CT molecular complexity index is 690. The van der Waals surface area contributed by atoms with E-state index in [2.05, 4.69) is 61.5 Å². The average molecular weight is 322 g/mol. The number of rotatable bonds is 4. The smallest absolute Gasteiger partial charge is 0.102 e. The first-order valence-corrected chi connectivity index (χ1v) is 9.33. The van der Waals surface area contributed by atoms with E-state index in [0.717, 1.165) is 12.1 Å². The highest BCUT2D eigenvalue weighted by Gasteiger charge is 2.50. The van der Waals surface area contributed by atoms with Crippen LogP contribution in [0.1, 0.15) is 29.5 Å². The first-order valence-electron chi connectivity index (χ1n) is 9.33. The van der Waals surface area contributed by atoms with Crippen LogP contribution in [0.5, 0.6) is 0 Å². The van der Waals surface area contributed by atoms with E-state index in [1.165, 1.54) is 37.1 Å². The van der Waals surface area contributed by atoms with Gasteiger partial charge < -0.3 is 10.0 Å². The van der Waals surface area contributed by atoms with Crippen molar-refractivity contribution in [1.29, 1.82) is 0 Å². The van der Waals surface area contributed by atoms with E-state index in [0.29, 0.717) is 18.3 Å². The van der Waals surface area contributed by atoms with Crippen LogP contribution in [0.25, 0.3) is 0 Å². The minimum atomic E-state index is -0.760. The summed E-state index contributed by atoms with van der Waals surface area (Å²) in [6, 6.07) is 18.9. The van der Waals surface area contributed by atoms with Gasteiger partial charge in [-0.25, -0.2) is 0 Å². The molecule has 2 nitrogen and oxygen atoms in total. The molecule has 3 fully saturated rings. The Morgan fingerprint density at radius 3 is 2.29 bits per heavy atom. The molecule has 3 aliphatic rings. The summed E-state index contributed by atoms with van der Waals surface area (Å²) >= 11 is 0. The first kappa shape index (κ1) is 15.9. The summed E-state index contributed by atoms with van der Waals surface area (Å²) in [4.78, 5) is 1.68. The monoisotopic (exact) mass is 322 g/mol. The van der Waals surface area contributed by atoms with E-state index in [-0.39, 0.29) is 0 Å². The van der Waals surface area contributed by atoms with Crippen LogP contribution in [-0.2, 0) is 12.0 Å². The Morgan fingerprint density at radius 2 is 1.67 bits per heavy atom. The van der Waals surface area contributed by atoms with Crippen molar-refractivity contribution in [1.82, 2.24) is 0 Å². The van der Waals surface area contributed by atoms with Crippen molar-refractivity contribution in [3.8, 4) is 0 Å². The predicted molar refractivity (Wildman–Crippen MR) is 97.0 cm³/mol. The predicted octanol–water partition coefficient (Wildman–Crippen LogP) is 2.35. The molecule has 2 bridgehead atoms. The zero-order valence-corrected chi connectivity index (χ0v) is 14.5. The number of fused-ring (bicyclic) bond motifs is 3. The van der Waals surface area contributed by atoms with E-state index >= 15 is 0 Å². The Kier molecular flexibility index (Phi) is 4.19. The Hall–Kier alpha value is -1.64. The molecule has 5 rings (SSSR count). The molecule has 24 heavy (non-hydrogen) atoms. The van der Waals surface area contributed by atoms with Crippen molar-refractivity contribution in [2.75, 3.05) is 19.6 Å². The third-order valence-corrected chi connectivity index (χ3v) is 6.36. The summed E-state index contributed by atoms with van der Waals surface area (Å²) in [5, 5.41) is 12.1. The molecule has 2 atom stereocenters. The molecule has 0 radical (unpaired) electrons. The number of piperidine rings is 3. The van der Waals surface area contributed by atoms with Gasteiger partial charge in [-0.2, -0.15) is 0 Å². The zero-order valence-electron chi connectivity index (χ0n) is 14.5. The van der Waals surface area contributed by atoms with Crippen LogP contribution in [0, 0.1) is 18.8 Å². The molecule has 2 aromatic carbocycles. The zero-order chi connectivity index (χ0) is 16.6. The minimum Gasteiger partial charge on any atom is -0.384 e. The Morgan fingerprint density at radius 1 is 1.00 bits per heavy atom. The largest absolute Gasteiger partial charge is 0.384 e. The van der Waals surface area contributed by atoms with Crippen molar-refractivity contribution in [2.24, 2.45) is 11.8 Å². The maximum atomic E-state index is 12.1. The molecule has 0 amide bonds. The third-order valence-electron chi connectivity index (χ3n) is 6.36. The van der Waals surface area contributed by atoms with Crippen LogP contribution in [0.15, 0.2) is 54.6 Å². The van der Waals surface area contributed by atoms with Gasteiger partial charge in [0.05, 0.1) is 19.6 Å². The quantitative estimate of drug-likeness (QED) is 0.887. The second-order valence-corrected chi connectivity index (χ2v) is 7.80. The van der Waals surface area contributed by atoms with Gasteiger partial charge in [0, 0.05) is 25.2 Å². The van der Waals surface area contributed by atoms with Gasteiger partial charge in [-0.1, -0.05) is 54.6 Å². The van der Waals surface area contributed by atoms with Crippen molar-refractivity contribution in [3.63, 3.8) is 0 Å². The molecule has 0 aromatic heterocycles. The van der Waals surface area contributed by atoms with Crippen LogP contribution in [0.4, 0.5) is 0 Å². The Balaban J connectivity index is 1.76. The fourth-order valence-electron chi connectivity index (χ4n) is 5.08. The van der Waals surface area contributed by atoms with Crippen LogP contribution < -0.4 is 4.90 Å². The van der Waals surface area contributed by atoms with Gasteiger partial charge in [0.25, 0.3) is 0 Å². The van der Waals surface area contributed by atoms with Crippen molar-refractivity contribution in [2.45, 2.75) is 31.8 Å². The standard InChI is InChI=1S/C22H27NO/c1-17-7-5-6-10-20(17)22(24,15-18-8-3-2-4-9-18)21-16-23-13-11-19(21)12-14-23/h2-10,19,21,24H,11-16H2,1H3/p+1/t21-,22-/m1/s1. The summed E-state index contributed by atoms with van der Waals surface area (Å²) in [5.41, 5.74) is 2.81. The summed E-state index contributed by atoms with van der Waals surface area (Å²) in [7, 11) is 0. The molecule has 0 unspecified atom stereocenters. The maximum absolute atomic E-state index is 12.1. The molecule has 126 valence electrons. The van der Waals surface area contributed by atoms with Gasteiger partial charge in [0.2, 0.25) is 0 Å². The second kappa shape index (κ2) is 6.34. The number of aliphatic hydroxyl groups is 1. The van der Waals surface area contributed by atoms with Gasteiger partial charge in [-0.05, 0) is 29.5 Å². The molecule has 2 heteroatoms. The lowest BCUT2D eigenvalue weighted by atomic mass is 9.65. The molecule has 0 aliphatic carbocycles. The van der Waals surface area contributed by atoms with Crippen molar-refractivity contribution < 1.29 is 10.0 Å². The number of hydrogen-bond acceptors (Lipinski definition) is 1. The second-order valence-electron chi connectivity index (χ2n) is 7.80. The van der Waals surface area contributed by atoms with Crippen molar-refractivity contribution >= 4 is 0 Å². The molecular formula is C22H28NO+. The molecule has 0 spiro atoms. The van der Waals surface area contributed by atoms with Gasteiger partial charge in [-0.3, -0.25) is 0 Å². The number of benzene rings is 2. The van der Waals surface area contributed by atoms with Gasteiger partial charge in [0.15, 0.2) is 0 Å². The highest BCUT2D eigenvalue weighted by Crippen LogP contribution is 2.42. The average Bonchev–Trinajstić information content (AvgIpc) is 2.64. The lowest BCUT2D eigenvalue weighted by Gasteiger charge is -2.49. The third kappa shape index (κ3) is 2.78. The fraction of sp³-hybridized carbons (Fsp3) is 0.455. The maximum Gasteiger partial charge on any atom is 0.102 e. The molecular weight excluding hydrogens is 294 g/mol. The summed E-state index contributed by atoms with van der Waals surface area (Å²) in [5.74, 6) is 1.02. The SMILES string of the molecule is Cc1ccccc1[C@](O)(Cc1ccccc1)[C@@H]1C[NH+]2CCC1CC2. The van der Waals surface area contributed by atoms with Crippen LogP contribution in [0.3, 0.4) is 0 Å². The lowest BCUT2D eigenvalue weighted by molar-refractivity contribution is -0.922. The summed E-state index contributed by atoms with van der Waals surface area (Å²) in [6.07, 6.45) is 3.25. The highest BCUT2D eigenvalue weighted by molar-refractivity contribution is 5.34. The number of nitrogens with one attached hydrogen (secondary N) is 1. The van der Waals surface area contributed by atoms with E-state index < -0.39 is 5.60 Å². The van der Waals surface area contributed by atoms with Crippen molar-refractivity contribution in [3.05, 3.63) is 71.3 Å². The van der Waals surface area contributed by atoms with E-state index in [1.807, 2.05) is 0 Å². The summed E-state index contributed by atoms with van der Waals surface area (Å²) < 4.78 is 0. The fourth-order valence-corrected chi connectivity index (χ4v) is 5.08. The van der Waals surface area contributed by atoms with Gasteiger partial charge in [0.1, 0.15) is 5.60 Å². The summed E-state index contributed by atoms with van der Waals surface area (Å²) in [6.45, 7) is 5.83. The molecule has 3 heterocycles. The number of hydrogen-bond donors (Lipinski definition) is 2. The number of quaternary nitrogens is 1. The molecule has 2 N–H and O–H groups in total. The number of aryl methyl sites for hydroxylation is 1.